The predicted molar refractivity (Wildman–Crippen MR) is 61.0 cm³/mol. The molecule has 0 N–H and O–H groups in total. The zero-order valence-electron chi connectivity index (χ0n) is 9.00. The van der Waals surface area contributed by atoms with Gasteiger partial charge in [-0.2, -0.15) is 0 Å². The molecule has 0 aliphatic carbocycles. The third-order valence-electron chi connectivity index (χ3n) is 1.95. The van der Waals surface area contributed by atoms with Crippen LogP contribution in [0.3, 0.4) is 0 Å². The number of rotatable bonds is 4. The molecule has 82 valence electrons. The van der Waals surface area contributed by atoms with Crippen molar-refractivity contribution in [2.45, 2.75) is 25.1 Å². The fourth-order valence-electron chi connectivity index (χ4n) is 1.08. The zero-order valence-corrected chi connectivity index (χ0v) is 9.75. The van der Waals surface area contributed by atoms with Crippen molar-refractivity contribution < 1.29 is 9.53 Å². The summed E-state index contributed by atoms with van der Waals surface area (Å²) < 4.78 is 5.04. The molecule has 0 aromatic heterocycles. The molecule has 0 saturated carbocycles. The summed E-state index contributed by atoms with van der Waals surface area (Å²) in [5.41, 5.74) is 1.15. The highest BCUT2D eigenvalue weighted by atomic mass is 35.5. The maximum atomic E-state index is 11.3. The summed E-state index contributed by atoms with van der Waals surface area (Å²) in [4.78, 5) is 10.4. The van der Waals surface area contributed by atoms with Gasteiger partial charge in [0.05, 0.1) is 6.61 Å². The maximum Gasteiger partial charge on any atom is 0.326 e. The van der Waals surface area contributed by atoms with E-state index in [1.807, 2.05) is 30.3 Å². The summed E-state index contributed by atoms with van der Waals surface area (Å²) in [5, 5.41) is 0. The van der Waals surface area contributed by atoms with E-state index in [9.17, 15) is 4.79 Å². The van der Waals surface area contributed by atoms with Gasteiger partial charge in [-0.25, -0.2) is 0 Å². The lowest BCUT2D eigenvalue weighted by molar-refractivity contribution is -0.145. The van der Waals surface area contributed by atoms with E-state index in [0.29, 0.717) is 6.61 Å². The van der Waals surface area contributed by atoms with Gasteiger partial charge in [-0.3, -0.25) is 4.79 Å². The fourth-order valence-corrected chi connectivity index (χ4v) is 1.13. The van der Waals surface area contributed by atoms with Crippen LogP contribution in [0.25, 0.3) is 0 Å². The molecule has 1 rings (SSSR count). The Kier molecular flexibility index (Phi) is 4.15. The van der Waals surface area contributed by atoms with Crippen molar-refractivity contribution in [1.29, 1.82) is 0 Å². The van der Waals surface area contributed by atoms with Gasteiger partial charge in [0, 0.05) is 6.42 Å². The number of ether oxygens (including phenoxy) is 1. The molecular formula is C12H15ClO2. The molecule has 0 saturated heterocycles. The molecule has 2 nitrogen and oxygen atoms in total. The Balaban J connectivity index is 2.32. The van der Waals surface area contributed by atoms with E-state index >= 15 is 0 Å². The van der Waals surface area contributed by atoms with Crippen molar-refractivity contribution >= 4 is 17.6 Å². The highest BCUT2D eigenvalue weighted by Gasteiger charge is 2.25. The van der Waals surface area contributed by atoms with Crippen LogP contribution in [0.4, 0.5) is 0 Å². The number of esters is 1. The van der Waals surface area contributed by atoms with Crippen molar-refractivity contribution in [3.8, 4) is 0 Å². The quantitative estimate of drug-likeness (QED) is 0.583. The van der Waals surface area contributed by atoms with Gasteiger partial charge in [0.1, 0.15) is 4.87 Å². The summed E-state index contributed by atoms with van der Waals surface area (Å²) in [6.07, 6.45) is 0.722. The average molecular weight is 227 g/mol. The normalized spacial score (nSPS) is 11.1. The number of carbonyl (C=O) groups excluding carboxylic acids is 1. The van der Waals surface area contributed by atoms with Gasteiger partial charge in [0.15, 0.2) is 0 Å². The van der Waals surface area contributed by atoms with E-state index in [0.717, 1.165) is 12.0 Å². The Labute approximate surface area is 95.2 Å². The summed E-state index contributed by atoms with van der Waals surface area (Å²) in [6.45, 7) is 3.62. The monoisotopic (exact) mass is 226 g/mol. The zero-order chi connectivity index (χ0) is 11.3. The van der Waals surface area contributed by atoms with Gasteiger partial charge in [0.25, 0.3) is 0 Å². The van der Waals surface area contributed by atoms with Crippen LogP contribution in [0, 0.1) is 0 Å². The number of halogens is 1. The summed E-state index contributed by atoms with van der Waals surface area (Å²) in [7, 11) is 0. The molecule has 1 aromatic rings. The minimum absolute atomic E-state index is 0.374. The molecule has 3 heteroatoms. The van der Waals surface area contributed by atoms with Crippen LogP contribution in [0.5, 0.6) is 0 Å². The first kappa shape index (κ1) is 12.1. The summed E-state index contributed by atoms with van der Waals surface area (Å²) in [5.74, 6) is -0.375. The van der Waals surface area contributed by atoms with Gasteiger partial charge in [0.2, 0.25) is 0 Å². The molecule has 0 amide bonds. The molecule has 0 atom stereocenters. The molecule has 0 radical (unpaired) electrons. The Morgan fingerprint density at radius 1 is 1.33 bits per heavy atom. The number of hydrogen-bond acceptors (Lipinski definition) is 2. The van der Waals surface area contributed by atoms with Crippen LogP contribution in [-0.4, -0.2) is 17.5 Å². The minimum Gasteiger partial charge on any atom is -0.464 e. The molecule has 15 heavy (non-hydrogen) atoms. The molecule has 0 aliphatic heterocycles. The Bertz CT molecular complexity index is 314. The van der Waals surface area contributed by atoms with Crippen molar-refractivity contribution in [2.24, 2.45) is 0 Å². The molecule has 0 fully saturated rings. The Hall–Kier alpha value is -1.02. The summed E-state index contributed by atoms with van der Waals surface area (Å²) in [6, 6.07) is 9.88. The molecule has 1 aromatic carbocycles. The Morgan fingerprint density at radius 2 is 1.93 bits per heavy atom. The van der Waals surface area contributed by atoms with Crippen molar-refractivity contribution in [2.75, 3.05) is 6.61 Å². The van der Waals surface area contributed by atoms with Crippen LogP contribution in [0.15, 0.2) is 30.3 Å². The van der Waals surface area contributed by atoms with Crippen molar-refractivity contribution in [3.05, 3.63) is 35.9 Å². The van der Waals surface area contributed by atoms with Gasteiger partial charge >= 0.3 is 5.97 Å². The second kappa shape index (κ2) is 5.17. The molecule has 0 aliphatic rings. The summed E-state index contributed by atoms with van der Waals surface area (Å²) >= 11 is 5.79. The van der Waals surface area contributed by atoms with Crippen LogP contribution in [-0.2, 0) is 16.0 Å². The van der Waals surface area contributed by atoms with E-state index in [4.69, 9.17) is 16.3 Å². The lowest BCUT2D eigenvalue weighted by Gasteiger charge is -2.14. The number of alkyl halides is 1. The second-order valence-electron chi connectivity index (χ2n) is 3.84. The van der Waals surface area contributed by atoms with Gasteiger partial charge in [-0.15, -0.1) is 11.6 Å². The van der Waals surface area contributed by atoms with Gasteiger partial charge in [-0.1, -0.05) is 30.3 Å². The molecule has 0 heterocycles. The average Bonchev–Trinajstić information content (AvgIpc) is 2.18. The molecule has 0 spiro atoms. The number of benzene rings is 1. The third-order valence-corrected chi connectivity index (χ3v) is 2.11. The SMILES string of the molecule is CC(C)(Cl)C(=O)OCCc1ccccc1. The first-order valence-electron chi connectivity index (χ1n) is 4.90. The van der Waals surface area contributed by atoms with E-state index in [1.54, 1.807) is 13.8 Å². The van der Waals surface area contributed by atoms with Gasteiger partial charge < -0.3 is 4.74 Å². The second-order valence-corrected chi connectivity index (χ2v) is 4.79. The molecular weight excluding hydrogens is 212 g/mol. The molecule has 0 bridgehead atoms. The third kappa shape index (κ3) is 4.34. The van der Waals surface area contributed by atoms with Crippen LogP contribution >= 0.6 is 11.6 Å². The van der Waals surface area contributed by atoms with Crippen LogP contribution < -0.4 is 0 Å². The predicted octanol–water partition coefficient (Wildman–Crippen LogP) is 2.79. The highest BCUT2D eigenvalue weighted by Crippen LogP contribution is 2.14. The largest absolute Gasteiger partial charge is 0.464 e. The van der Waals surface area contributed by atoms with E-state index in [2.05, 4.69) is 0 Å². The van der Waals surface area contributed by atoms with Crippen LogP contribution in [0.1, 0.15) is 19.4 Å². The lowest BCUT2D eigenvalue weighted by atomic mass is 10.2. The first-order valence-corrected chi connectivity index (χ1v) is 5.28. The maximum absolute atomic E-state index is 11.3. The number of carbonyl (C=O) groups is 1. The Morgan fingerprint density at radius 3 is 2.47 bits per heavy atom. The minimum atomic E-state index is -0.934. The van der Waals surface area contributed by atoms with Crippen molar-refractivity contribution in [3.63, 3.8) is 0 Å². The lowest BCUT2D eigenvalue weighted by Crippen LogP contribution is -2.27. The van der Waals surface area contributed by atoms with E-state index < -0.39 is 4.87 Å². The van der Waals surface area contributed by atoms with Gasteiger partial charge in [-0.05, 0) is 19.4 Å². The molecule has 0 unspecified atom stereocenters. The fraction of sp³-hybridized carbons (Fsp3) is 0.417. The first-order chi connectivity index (χ1) is 7.00. The highest BCUT2D eigenvalue weighted by molar-refractivity contribution is 6.33. The van der Waals surface area contributed by atoms with Crippen LogP contribution in [0.2, 0.25) is 0 Å². The topological polar surface area (TPSA) is 26.3 Å². The van der Waals surface area contributed by atoms with Crippen molar-refractivity contribution in [1.82, 2.24) is 0 Å². The van der Waals surface area contributed by atoms with E-state index in [1.165, 1.54) is 0 Å². The standard InChI is InChI=1S/C12H15ClO2/c1-12(2,13)11(14)15-9-8-10-6-4-3-5-7-10/h3-7H,8-9H2,1-2H3. The smallest absolute Gasteiger partial charge is 0.326 e. The number of hydrogen-bond donors (Lipinski definition) is 0. The van der Waals surface area contributed by atoms with E-state index in [-0.39, 0.29) is 5.97 Å².